The van der Waals surface area contributed by atoms with Crippen LogP contribution in [0.1, 0.15) is 37.1 Å². The minimum Gasteiger partial charge on any atom is -0.341 e. The van der Waals surface area contributed by atoms with Crippen LogP contribution in [-0.2, 0) is 9.59 Å². The van der Waals surface area contributed by atoms with E-state index in [1.165, 1.54) is 9.71 Å². The number of para-hydroxylation sites is 1. The van der Waals surface area contributed by atoms with Crippen LogP contribution in [0.25, 0.3) is 10.2 Å². The highest BCUT2D eigenvalue weighted by Crippen LogP contribution is 2.34. The summed E-state index contributed by atoms with van der Waals surface area (Å²) in [5, 5.41) is 4.42. The van der Waals surface area contributed by atoms with E-state index < -0.39 is 0 Å². The first-order valence-corrected chi connectivity index (χ1v) is 9.81. The Kier molecular flexibility index (Phi) is 4.56. The Hall–Kier alpha value is -1.79. The Morgan fingerprint density at radius 1 is 1.24 bits per heavy atom. The number of ketones is 1. The Morgan fingerprint density at radius 2 is 2.00 bits per heavy atom. The first-order chi connectivity index (χ1) is 12.1. The summed E-state index contributed by atoms with van der Waals surface area (Å²) < 4.78 is 1.24. The summed E-state index contributed by atoms with van der Waals surface area (Å²) in [5.74, 6) is 0.779. The van der Waals surface area contributed by atoms with Gasteiger partial charge in [0.05, 0.1) is 21.3 Å². The molecule has 6 heteroatoms. The SMILES string of the molecule is CC(=O)C1CNC(C(=O)N2CCC(c3nc4ccccc4s3)CC2)C1. The van der Waals surface area contributed by atoms with Crippen LogP contribution in [0.4, 0.5) is 0 Å². The molecule has 2 atom stereocenters. The molecule has 0 aliphatic carbocycles. The largest absolute Gasteiger partial charge is 0.341 e. The van der Waals surface area contributed by atoms with Gasteiger partial charge in [0, 0.05) is 31.5 Å². The highest BCUT2D eigenvalue weighted by molar-refractivity contribution is 7.18. The molecule has 132 valence electrons. The molecule has 3 heterocycles. The lowest BCUT2D eigenvalue weighted by Crippen LogP contribution is -2.46. The van der Waals surface area contributed by atoms with Gasteiger partial charge in [-0.05, 0) is 38.3 Å². The number of piperidine rings is 1. The first-order valence-electron chi connectivity index (χ1n) is 9.00. The number of likely N-dealkylation sites (tertiary alicyclic amines) is 1. The van der Waals surface area contributed by atoms with E-state index >= 15 is 0 Å². The third kappa shape index (κ3) is 3.33. The summed E-state index contributed by atoms with van der Waals surface area (Å²) >= 11 is 1.78. The maximum atomic E-state index is 12.7. The fraction of sp³-hybridized carbons (Fsp3) is 0.526. The second-order valence-corrected chi connectivity index (χ2v) is 8.19. The average Bonchev–Trinajstić information content (AvgIpc) is 3.28. The number of Topliss-reactive ketones (excluding diaryl/α,β-unsaturated/α-hetero) is 1. The predicted molar refractivity (Wildman–Crippen MR) is 98.8 cm³/mol. The molecular formula is C19H23N3O2S. The summed E-state index contributed by atoms with van der Waals surface area (Å²) in [5.41, 5.74) is 1.08. The van der Waals surface area contributed by atoms with E-state index in [2.05, 4.69) is 23.5 Å². The van der Waals surface area contributed by atoms with Crippen LogP contribution < -0.4 is 5.32 Å². The van der Waals surface area contributed by atoms with Crippen LogP contribution in [0.15, 0.2) is 24.3 Å². The van der Waals surface area contributed by atoms with Gasteiger partial charge in [-0.1, -0.05) is 12.1 Å². The van der Waals surface area contributed by atoms with Gasteiger partial charge in [-0.2, -0.15) is 0 Å². The van der Waals surface area contributed by atoms with Crippen LogP contribution >= 0.6 is 11.3 Å². The zero-order valence-corrected chi connectivity index (χ0v) is 15.2. The lowest BCUT2D eigenvalue weighted by molar-refractivity contribution is -0.134. The van der Waals surface area contributed by atoms with E-state index in [-0.39, 0.29) is 23.7 Å². The molecule has 0 bridgehead atoms. The van der Waals surface area contributed by atoms with Crippen LogP contribution in [0, 0.1) is 5.92 Å². The van der Waals surface area contributed by atoms with Crippen molar-refractivity contribution in [1.29, 1.82) is 0 Å². The average molecular weight is 357 g/mol. The Labute approximate surface area is 151 Å². The molecule has 4 rings (SSSR count). The fourth-order valence-corrected chi connectivity index (χ4v) is 5.00. The van der Waals surface area contributed by atoms with Crippen molar-refractivity contribution in [3.63, 3.8) is 0 Å². The molecule has 0 saturated carbocycles. The van der Waals surface area contributed by atoms with E-state index in [1.807, 2.05) is 11.0 Å². The quantitative estimate of drug-likeness (QED) is 0.917. The number of carbonyl (C=O) groups is 2. The maximum Gasteiger partial charge on any atom is 0.239 e. The molecule has 0 spiro atoms. The number of thiazole rings is 1. The standard InChI is InChI=1S/C19H23N3O2S/c1-12(23)14-10-16(20-11-14)19(24)22-8-6-13(7-9-22)18-21-15-4-2-3-5-17(15)25-18/h2-5,13-14,16,20H,6-11H2,1H3. The first kappa shape index (κ1) is 16.7. The molecule has 1 N–H and O–H groups in total. The van der Waals surface area contributed by atoms with Gasteiger partial charge in [0.2, 0.25) is 5.91 Å². The predicted octanol–water partition coefficient (Wildman–Crippen LogP) is 2.57. The molecule has 1 aromatic heterocycles. The number of rotatable bonds is 3. The molecule has 2 aliphatic heterocycles. The molecule has 2 unspecified atom stereocenters. The van der Waals surface area contributed by atoms with Crippen LogP contribution in [0.2, 0.25) is 0 Å². The number of nitrogens with one attached hydrogen (secondary N) is 1. The number of aromatic nitrogens is 1. The highest BCUT2D eigenvalue weighted by atomic mass is 32.1. The Balaban J connectivity index is 1.36. The second kappa shape index (κ2) is 6.84. The Bertz CT molecular complexity index is 762. The number of hydrogen-bond acceptors (Lipinski definition) is 5. The van der Waals surface area contributed by atoms with Gasteiger partial charge in [0.15, 0.2) is 0 Å². The third-order valence-corrected chi connectivity index (χ3v) is 6.67. The molecule has 1 amide bonds. The second-order valence-electron chi connectivity index (χ2n) is 7.12. The smallest absolute Gasteiger partial charge is 0.239 e. The molecule has 1 aromatic carbocycles. The summed E-state index contributed by atoms with van der Waals surface area (Å²) in [6, 6.07) is 8.06. The van der Waals surface area contributed by atoms with E-state index in [4.69, 9.17) is 4.98 Å². The molecule has 5 nitrogen and oxygen atoms in total. The molecule has 2 aromatic rings. The number of nitrogens with zero attached hydrogens (tertiary/aromatic N) is 2. The van der Waals surface area contributed by atoms with Crippen molar-refractivity contribution < 1.29 is 9.59 Å². The van der Waals surface area contributed by atoms with Gasteiger partial charge in [0.1, 0.15) is 5.78 Å². The number of amides is 1. The molecule has 25 heavy (non-hydrogen) atoms. The van der Waals surface area contributed by atoms with Crippen molar-refractivity contribution >= 4 is 33.2 Å². The van der Waals surface area contributed by atoms with Crippen LogP contribution in [0.3, 0.4) is 0 Å². The summed E-state index contributed by atoms with van der Waals surface area (Å²) in [7, 11) is 0. The van der Waals surface area contributed by atoms with Crippen molar-refractivity contribution in [2.45, 2.75) is 38.1 Å². The fourth-order valence-electron chi connectivity index (χ4n) is 3.87. The van der Waals surface area contributed by atoms with Gasteiger partial charge in [0.25, 0.3) is 0 Å². The van der Waals surface area contributed by atoms with Crippen molar-refractivity contribution in [3.05, 3.63) is 29.3 Å². The molecule has 2 aliphatic rings. The van der Waals surface area contributed by atoms with E-state index in [0.717, 1.165) is 31.4 Å². The summed E-state index contributed by atoms with van der Waals surface area (Å²) in [6.45, 7) is 3.81. The van der Waals surface area contributed by atoms with Crippen molar-refractivity contribution in [1.82, 2.24) is 15.2 Å². The van der Waals surface area contributed by atoms with Gasteiger partial charge in [-0.3, -0.25) is 9.59 Å². The lowest BCUT2D eigenvalue weighted by Gasteiger charge is -2.32. The zero-order valence-electron chi connectivity index (χ0n) is 14.4. The highest BCUT2D eigenvalue weighted by Gasteiger charge is 2.35. The van der Waals surface area contributed by atoms with Crippen molar-refractivity contribution in [3.8, 4) is 0 Å². The summed E-state index contributed by atoms with van der Waals surface area (Å²) in [6.07, 6.45) is 2.58. The number of benzene rings is 1. The molecular weight excluding hydrogens is 334 g/mol. The number of hydrogen-bond donors (Lipinski definition) is 1. The Morgan fingerprint density at radius 3 is 2.68 bits per heavy atom. The third-order valence-electron chi connectivity index (χ3n) is 5.47. The number of fused-ring (bicyclic) bond motifs is 1. The normalized spacial score (nSPS) is 24.8. The lowest BCUT2D eigenvalue weighted by atomic mass is 9.96. The van der Waals surface area contributed by atoms with Crippen LogP contribution in [-0.4, -0.2) is 47.3 Å². The summed E-state index contributed by atoms with van der Waals surface area (Å²) in [4.78, 5) is 30.9. The molecule has 2 fully saturated rings. The van der Waals surface area contributed by atoms with E-state index in [0.29, 0.717) is 18.9 Å². The topological polar surface area (TPSA) is 62.3 Å². The monoisotopic (exact) mass is 357 g/mol. The minimum absolute atomic E-state index is 0.00534. The van der Waals surface area contributed by atoms with E-state index in [9.17, 15) is 9.59 Å². The van der Waals surface area contributed by atoms with Gasteiger partial charge in [-0.15, -0.1) is 11.3 Å². The van der Waals surface area contributed by atoms with Crippen LogP contribution in [0.5, 0.6) is 0 Å². The minimum atomic E-state index is -0.187. The van der Waals surface area contributed by atoms with Gasteiger partial charge < -0.3 is 10.2 Å². The molecule has 2 saturated heterocycles. The van der Waals surface area contributed by atoms with Gasteiger partial charge >= 0.3 is 0 Å². The van der Waals surface area contributed by atoms with Gasteiger partial charge in [-0.25, -0.2) is 4.98 Å². The van der Waals surface area contributed by atoms with Crippen molar-refractivity contribution in [2.24, 2.45) is 5.92 Å². The zero-order chi connectivity index (χ0) is 17.4. The number of carbonyl (C=O) groups excluding carboxylic acids is 2. The van der Waals surface area contributed by atoms with E-state index in [1.54, 1.807) is 18.3 Å². The molecule has 0 radical (unpaired) electrons. The maximum absolute atomic E-state index is 12.7. The van der Waals surface area contributed by atoms with Crippen molar-refractivity contribution in [2.75, 3.05) is 19.6 Å².